The topological polar surface area (TPSA) is 41.7 Å². The molecule has 24 heavy (non-hydrogen) atoms. The summed E-state index contributed by atoms with van der Waals surface area (Å²) in [7, 11) is 0. The standard InChI is InChI=1S/C18H25N3O2S/c1-14-19-16(13-24-14)11-21-7-9-23-18-3-6-20(5-2-17(18)21)10-15-4-8-22-12-15/h4,8,12-13,17-18H,2-3,5-7,9-11H2,1H3/t17-,18+/m1/s1. The SMILES string of the molecule is Cc1nc(CN2CCO[C@H]3CCN(Cc4ccoc4)CC[C@H]32)cs1. The first-order chi connectivity index (χ1) is 11.8. The molecule has 4 heterocycles. The normalized spacial score (nSPS) is 26.2. The number of nitrogens with zero attached hydrogens (tertiary/aromatic N) is 3. The molecular weight excluding hydrogens is 322 g/mol. The molecule has 0 amide bonds. The van der Waals surface area contributed by atoms with Gasteiger partial charge in [-0.2, -0.15) is 0 Å². The summed E-state index contributed by atoms with van der Waals surface area (Å²) in [5.74, 6) is 0. The second-order valence-electron chi connectivity index (χ2n) is 6.79. The molecule has 0 bridgehead atoms. The van der Waals surface area contributed by atoms with Crippen molar-refractivity contribution in [2.45, 2.75) is 45.0 Å². The van der Waals surface area contributed by atoms with E-state index in [2.05, 4.69) is 33.2 Å². The molecule has 5 nitrogen and oxygen atoms in total. The number of hydrogen-bond acceptors (Lipinski definition) is 6. The summed E-state index contributed by atoms with van der Waals surface area (Å²) < 4.78 is 11.3. The van der Waals surface area contributed by atoms with Crippen molar-refractivity contribution >= 4 is 11.3 Å². The van der Waals surface area contributed by atoms with E-state index in [1.54, 1.807) is 17.6 Å². The maximum Gasteiger partial charge on any atom is 0.0947 e. The number of likely N-dealkylation sites (tertiary alicyclic amines) is 1. The fourth-order valence-electron chi connectivity index (χ4n) is 3.90. The van der Waals surface area contributed by atoms with Crippen molar-refractivity contribution in [3.8, 4) is 0 Å². The summed E-state index contributed by atoms with van der Waals surface area (Å²) in [6.45, 7) is 8.07. The van der Waals surface area contributed by atoms with E-state index in [0.717, 1.165) is 57.2 Å². The summed E-state index contributed by atoms with van der Waals surface area (Å²) in [6, 6.07) is 2.57. The van der Waals surface area contributed by atoms with E-state index in [0.29, 0.717) is 12.1 Å². The number of aryl methyl sites for hydroxylation is 1. The van der Waals surface area contributed by atoms with Gasteiger partial charge in [-0.1, -0.05) is 0 Å². The Kier molecular flexibility index (Phi) is 4.98. The molecular formula is C18H25N3O2S. The third-order valence-corrected chi connectivity index (χ3v) is 5.92. The molecule has 2 atom stereocenters. The molecule has 0 aromatic carbocycles. The molecule has 0 N–H and O–H groups in total. The van der Waals surface area contributed by atoms with Gasteiger partial charge >= 0.3 is 0 Å². The van der Waals surface area contributed by atoms with Crippen LogP contribution in [-0.2, 0) is 17.8 Å². The first kappa shape index (κ1) is 16.3. The highest BCUT2D eigenvalue weighted by atomic mass is 32.1. The lowest BCUT2D eigenvalue weighted by atomic mass is 10.0. The van der Waals surface area contributed by atoms with Crippen molar-refractivity contribution in [2.75, 3.05) is 26.2 Å². The molecule has 2 fully saturated rings. The molecule has 4 rings (SSSR count). The lowest BCUT2D eigenvalue weighted by Gasteiger charge is -2.40. The molecule has 0 radical (unpaired) electrons. The molecule has 2 aliphatic rings. The molecule has 130 valence electrons. The average Bonchev–Trinajstić information content (AvgIpc) is 3.18. The quantitative estimate of drug-likeness (QED) is 0.851. The molecule has 2 saturated heterocycles. The van der Waals surface area contributed by atoms with Crippen molar-refractivity contribution in [1.29, 1.82) is 0 Å². The molecule has 0 aliphatic carbocycles. The third-order valence-electron chi connectivity index (χ3n) is 5.10. The van der Waals surface area contributed by atoms with Gasteiger partial charge in [0.05, 0.1) is 35.9 Å². The number of aromatic nitrogens is 1. The third kappa shape index (κ3) is 3.72. The van der Waals surface area contributed by atoms with Crippen LogP contribution in [0.15, 0.2) is 28.4 Å². The van der Waals surface area contributed by atoms with E-state index in [9.17, 15) is 0 Å². The Morgan fingerprint density at radius 2 is 2.17 bits per heavy atom. The van der Waals surface area contributed by atoms with Gasteiger partial charge in [0.15, 0.2) is 0 Å². The maximum absolute atomic E-state index is 6.11. The smallest absolute Gasteiger partial charge is 0.0947 e. The van der Waals surface area contributed by atoms with E-state index in [1.165, 1.54) is 11.3 Å². The summed E-state index contributed by atoms with van der Waals surface area (Å²) in [6.07, 6.45) is 6.23. The van der Waals surface area contributed by atoms with Gasteiger partial charge in [0.25, 0.3) is 0 Å². The van der Waals surface area contributed by atoms with E-state index in [-0.39, 0.29) is 0 Å². The van der Waals surface area contributed by atoms with Crippen molar-refractivity contribution in [1.82, 2.24) is 14.8 Å². The Morgan fingerprint density at radius 3 is 2.96 bits per heavy atom. The monoisotopic (exact) mass is 347 g/mol. The molecule has 2 aromatic heterocycles. The summed E-state index contributed by atoms with van der Waals surface area (Å²) in [5, 5.41) is 3.35. The Hall–Kier alpha value is -1.21. The minimum Gasteiger partial charge on any atom is -0.472 e. The number of hydrogen-bond donors (Lipinski definition) is 0. The van der Waals surface area contributed by atoms with Crippen LogP contribution in [0.5, 0.6) is 0 Å². The Labute approximate surface area is 147 Å². The highest BCUT2D eigenvalue weighted by Gasteiger charge is 2.34. The van der Waals surface area contributed by atoms with Crippen molar-refractivity contribution < 1.29 is 9.15 Å². The number of fused-ring (bicyclic) bond motifs is 1. The zero-order valence-electron chi connectivity index (χ0n) is 14.2. The van der Waals surface area contributed by atoms with Crippen molar-refractivity contribution in [2.24, 2.45) is 0 Å². The summed E-state index contributed by atoms with van der Waals surface area (Å²) in [4.78, 5) is 9.76. The molecule has 2 aliphatic heterocycles. The van der Waals surface area contributed by atoms with Crippen LogP contribution in [-0.4, -0.2) is 53.2 Å². The molecule has 0 unspecified atom stereocenters. The van der Waals surface area contributed by atoms with Crippen molar-refractivity contribution in [3.05, 3.63) is 40.2 Å². The van der Waals surface area contributed by atoms with E-state index in [1.807, 2.05) is 6.26 Å². The van der Waals surface area contributed by atoms with Crippen LogP contribution in [0, 0.1) is 6.92 Å². The Bertz CT molecular complexity index is 642. The maximum atomic E-state index is 6.11. The number of ether oxygens (including phenoxy) is 1. The molecule has 0 spiro atoms. The summed E-state index contributed by atoms with van der Waals surface area (Å²) >= 11 is 1.74. The highest BCUT2D eigenvalue weighted by Crippen LogP contribution is 2.26. The van der Waals surface area contributed by atoms with Crippen LogP contribution in [0.3, 0.4) is 0 Å². The van der Waals surface area contributed by atoms with Gasteiger partial charge in [0, 0.05) is 49.7 Å². The van der Waals surface area contributed by atoms with Gasteiger partial charge in [0.1, 0.15) is 0 Å². The van der Waals surface area contributed by atoms with Crippen LogP contribution in [0.2, 0.25) is 0 Å². The predicted octanol–water partition coefficient (Wildman–Crippen LogP) is 2.91. The lowest BCUT2D eigenvalue weighted by Crippen LogP contribution is -2.50. The Morgan fingerprint density at radius 1 is 1.25 bits per heavy atom. The molecule has 0 saturated carbocycles. The van der Waals surface area contributed by atoms with Gasteiger partial charge in [0.2, 0.25) is 0 Å². The highest BCUT2D eigenvalue weighted by molar-refractivity contribution is 7.09. The molecule has 2 aromatic rings. The fourth-order valence-corrected chi connectivity index (χ4v) is 4.50. The minimum absolute atomic E-state index is 0.354. The number of rotatable bonds is 4. The number of furan rings is 1. The van der Waals surface area contributed by atoms with Gasteiger partial charge in [-0.25, -0.2) is 4.98 Å². The zero-order chi connectivity index (χ0) is 16.4. The van der Waals surface area contributed by atoms with Gasteiger partial charge in [-0.3, -0.25) is 9.80 Å². The van der Waals surface area contributed by atoms with E-state index < -0.39 is 0 Å². The first-order valence-corrected chi connectivity index (χ1v) is 9.66. The van der Waals surface area contributed by atoms with Crippen LogP contribution in [0.4, 0.5) is 0 Å². The van der Waals surface area contributed by atoms with E-state index >= 15 is 0 Å². The number of morpholine rings is 1. The van der Waals surface area contributed by atoms with Gasteiger partial charge in [-0.15, -0.1) is 11.3 Å². The first-order valence-electron chi connectivity index (χ1n) is 8.78. The largest absolute Gasteiger partial charge is 0.472 e. The van der Waals surface area contributed by atoms with Crippen LogP contribution in [0.25, 0.3) is 0 Å². The van der Waals surface area contributed by atoms with Crippen LogP contribution < -0.4 is 0 Å². The average molecular weight is 347 g/mol. The fraction of sp³-hybridized carbons (Fsp3) is 0.611. The van der Waals surface area contributed by atoms with Crippen LogP contribution >= 0.6 is 11.3 Å². The zero-order valence-corrected chi connectivity index (χ0v) is 15.0. The van der Waals surface area contributed by atoms with Gasteiger partial charge in [-0.05, 0) is 25.8 Å². The lowest BCUT2D eigenvalue weighted by molar-refractivity contribution is -0.0750. The van der Waals surface area contributed by atoms with E-state index in [4.69, 9.17) is 9.15 Å². The number of thiazole rings is 1. The van der Waals surface area contributed by atoms with Crippen LogP contribution in [0.1, 0.15) is 29.1 Å². The second-order valence-corrected chi connectivity index (χ2v) is 7.85. The van der Waals surface area contributed by atoms with Crippen molar-refractivity contribution in [3.63, 3.8) is 0 Å². The Balaban J connectivity index is 1.40. The molecule has 6 heteroatoms. The predicted molar refractivity (Wildman–Crippen MR) is 94.0 cm³/mol. The van der Waals surface area contributed by atoms with Gasteiger partial charge < -0.3 is 9.15 Å². The minimum atomic E-state index is 0.354. The second kappa shape index (κ2) is 7.35. The summed E-state index contributed by atoms with van der Waals surface area (Å²) in [5.41, 5.74) is 2.47.